The van der Waals surface area contributed by atoms with Gasteiger partial charge in [-0.25, -0.2) is 0 Å². The van der Waals surface area contributed by atoms with E-state index in [0.717, 1.165) is 18.4 Å². The molecule has 0 saturated heterocycles. The number of nitrogens with one attached hydrogen (secondary N) is 1. The van der Waals surface area contributed by atoms with Gasteiger partial charge in [0.15, 0.2) is 6.10 Å². The quantitative estimate of drug-likeness (QED) is 0.847. The summed E-state index contributed by atoms with van der Waals surface area (Å²) in [5.74, 6) is 0.588. The largest absolute Gasteiger partial charge is 0.481 e. The first-order chi connectivity index (χ1) is 9.71. The molecule has 1 amide bonds. The van der Waals surface area contributed by atoms with Crippen LogP contribution in [0, 0.1) is 0 Å². The van der Waals surface area contributed by atoms with Gasteiger partial charge in [-0.05, 0) is 58.2 Å². The smallest absolute Gasteiger partial charge is 0.261 e. The Morgan fingerprint density at radius 2 is 2.05 bits per heavy atom. The van der Waals surface area contributed by atoms with Gasteiger partial charge in [0.2, 0.25) is 0 Å². The highest BCUT2D eigenvalue weighted by Crippen LogP contribution is 2.17. The van der Waals surface area contributed by atoms with Gasteiger partial charge in [0.1, 0.15) is 5.75 Å². The standard InChI is InChI=1S/C17H28N2O2/c1-6-14(18)10-13-8-7-9-15(11-13)21-12(2)16(20)19-17(3,4)5/h7-9,11-12,14H,6,10,18H2,1-5H3,(H,19,20). The number of rotatable bonds is 6. The maximum atomic E-state index is 12.0. The molecule has 0 radical (unpaired) electrons. The number of hydrogen-bond acceptors (Lipinski definition) is 3. The lowest BCUT2D eigenvalue weighted by Gasteiger charge is -2.23. The number of carbonyl (C=O) groups is 1. The maximum Gasteiger partial charge on any atom is 0.261 e. The molecule has 2 atom stereocenters. The summed E-state index contributed by atoms with van der Waals surface area (Å²) in [6.45, 7) is 9.68. The highest BCUT2D eigenvalue weighted by molar-refractivity contribution is 5.81. The van der Waals surface area contributed by atoms with E-state index in [-0.39, 0.29) is 17.5 Å². The Morgan fingerprint density at radius 1 is 1.38 bits per heavy atom. The Labute approximate surface area is 128 Å². The fourth-order valence-corrected chi connectivity index (χ4v) is 1.92. The lowest BCUT2D eigenvalue weighted by molar-refractivity contribution is -0.128. The third-order valence-electron chi connectivity index (χ3n) is 3.10. The van der Waals surface area contributed by atoms with Crippen LogP contribution in [0.5, 0.6) is 5.75 Å². The molecular weight excluding hydrogens is 264 g/mol. The van der Waals surface area contributed by atoms with Gasteiger partial charge in [0.25, 0.3) is 5.91 Å². The Morgan fingerprint density at radius 3 is 2.62 bits per heavy atom. The SMILES string of the molecule is CCC(N)Cc1cccc(OC(C)C(=O)NC(C)(C)C)c1. The molecule has 0 aliphatic carbocycles. The van der Waals surface area contributed by atoms with Gasteiger partial charge in [-0.15, -0.1) is 0 Å². The number of nitrogens with two attached hydrogens (primary N) is 1. The molecule has 4 nitrogen and oxygen atoms in total. The molecule has 0 bridgehead atoms. The zero-order chi connectivity index (χ0) is 16.0. The first kappa shape index (κ1) is 17.5. The molecule has 2 unspecified atom stereocenters. The molecule has 0 aliphatic heterocycles. The molecule has 0 heterocycles. The predicted molar refractivity (Wildman–Crippen MR) is 86.4 cm³/mol. The average Bonchev–Trinajstić information content (AvgIpc) is 2.37. The summed E-state index contributed by atoms with van der Waals surface area (Å²) >= 11 is 0. The maximum absolute atomic E-state index is 12.0. The molecule has 1 rings (SSSR count). The van der Waals surface area contributed by atoms with Crippen molar-refractivity contribution in [3.63, 3.8) is 0 Å². The second kappa shape index (κ2) is 7.46. The first-order valence-electron chi connectivity index (χ1n) is 7.54. The normalized spacial score (nSPS) is 14.4. The lowest BCUT2D eigenvalue weighted by atomic mass is 10.0. The van der Waals surface area contributed by atoms with E-state index in [0.29, 0.717) is 5.75 Å². The van der Waals surface area contributed by atoms with Crippen molar-refractivity contribution >= 4 is 5.91 Å². The van der Waals surface area contributed by atoms with Gasteiger partial charge in [0.05, 0.1) is 0 Å². The van der Waals surface area contributed by atoms with Gasteiger partial charge >= 0.3 is 0 Å². The molecule has 0 fully saturated rings. The Hall–Kier alpha value is -1.55. The van der Waals surface area contributed by atoms with E-state index in [1.54, 1.807) is 6.92 Å². The van der Waals surface area contributed by atoms with Gasteiger partial charge in [-0.1, -0.05) is 19.1 Å². The van der Waals surface area contributed by atoms with E-state index < -0.39 is 6.10 Å². The van der Waals surface area contributed by atoms with Crippen molar-refractivity contribution in [3.05, 3.63) is 29.8 Å². The van der Waals surface area contributed by atoms with Crippen LogP contribution < -0.4 is 15.8 Å². The molecular formula is C17H28N2O2. The second-order valence-corrected chi connectivity index (χ2v) is 6.52. The monoisotopic (exact) mass is 292 g/mol. The minimum absolute atomic E-state index is 0.113. The Kier molecular flexibility index (Phi) is 6.21. The molecule has 1 aromatic carbocycles. The molecule has 0 aliphatic rings. The van der Waals surface area contributed by atoms with Crippen LogP contribution in [0.4, 0.5) is 0 Å². The third kappa shape index (κ3) is 6.63. The van der Waals surface area contributed by atoms with E-state index in [9.17, 15) is 4.79 Å². The average molecular weight is 292 g/mol. The molecule has 21 heavy (non-hydrogen) atoms. The van der Waals surface area contributed by atoms with Gasteiger partial charge < -0.3 is 15.8 Å². The first-order valence-corrected chi connectivity index (χ1v) is 7.54. The summed E-state index contributed by atoms with van der Waals surface area (Å²) < 4.78 is 5.73. The lowest BCUT2D eigenvalue weighted by Crippen LogP contribution is -2.46. The topological polar surface area (TPSA) is 64.3 Å². The van der Waals surface area contributed by atoms with Crippen LogP contribution in [0.15, 0.2) is 24.3 Å². The molecule has 118 valence electrons. The number of carbonyl (C=O) groups excluding carboxylic acids is 1. The van der Waals surface area contributed by atoms with Crippen LogP contribution in [0.1, 0.15) is 46.6 Å². The second-order valence-electron chi connectivity index (χ2n) is 6.52. The van der Waals surface area contributed by atoms with Crippen LogP contribution in [-0.4, -0.2) is 23.6 Å². The summed E-state index contributed by atoms with van der Waals surface area (Å²) in [5, 5.41) is 2.91. The Bertz CT molecular complexity index is 466. The van der Waals surface area contributed by atoms with E-state index in [1.807, 2.05) is 45.0 Å². The molecule has 3 N–H and O–H groups in total. The van der Waals surface area contributed by atoms with Gasteiger partial charge in [0, 0.05) is 11.6 Å². The van der Waals surface area contributed by atoms with Crippen LogP contribution >= 0.6 is 0 Å². The van der Waals surface area contributed by atoms with Crippen LogP contribution in [0.3, 0.4) is 0 Å². The fourth-order valence-electron chi connectivity index (χ4n) is 1.92. The predicted octanol–water partition coefficient (Wildman–Crippen LogP) is 2.65. The highest BCUT2D eigenvalue weighted by atomic mass is 16.5. The summed E-state index contributed by atoms with van der Waals surface area (Å²) in [6, 6.07) is 7.93. The molecule has 0 saturated carbocycles. The van der Waals surface area contributed by atoms with Crippen molar-refractivity contribution in [1.82, 2.24) is 5.32 Å². The van der Waals surface area contributed by atoms with Crippen molar-refractivity contribution in [3.8, 4) is 5.75 Å². The highest BCUT2D eigenvalue weighted by Gasteiger charge is 2.20. The van der Waals surface area contributed by atoms with Crippen molar-refractivity contribution in [2.45, 2.75) is 65.1 Å². The van der Waals surface area contributed by atoms with E-state index in [2.05, 4.69) is 12.2 Å². The van der Waals surface area contributed by atoms with Crippen molar-refractivity contribution in [2.24, 2.45) is 5.73 Å². The third-order valence-corrected chi connectivity index (χ3v) is 3.10. The van der Waals surface area contributed by atoms with E-state index >= 15 is 0 Å². The zero-order valence-corrected chi connectivity index (χ0v) is 13.8. The minimum atomic E-state index is -0.528. The Balaban J connectivity index is 2.66. The summed E-state index contributed by atoms with van der Waals surface area (Å²) in [4.78, 5) is 12.0. The van der Waals surface area contributed by atoms with E-state index in [4.69, 9.17) is 10.5 Å². The summed E-state index contributed by atoms with van der Waals surface area (Å²) in [5.41, 5.74) is 6.84. The van der Waals surface area contributed by atoms with Crippen LogP contribution in [0.25, 0.3) is 0 Å². The van der Waals surface area contributed by atoms with Gasteiger partial charge in [-0.3, -0.25) is 4.79 Å². The molecule has 1 aromatic rings. The van der Waals surface area contributed by atoms with Crippen LogP contribution in [0.2, 0.25) is 0 Å². The van der Waals surface area contributed by atoms with Crippen LogP contribution in [-0.2, 0) is 11.2 Å². The minimum Gasteiger partial charge on any atom is -0.481 e. The molecule has 0 spiro atoms. The number of amides is 1. The number of hydrogen-bond donors (Lipinski definition) is 2. The number of ether oxygens (including phenoxy) is 1. The van der Waals surface area contributed by atoms with E-state index in [1.165, 1.54) is 0 Å². The zero-order valence-electron chi connectivity index (χ0n) is 13.8. The number of benzene rings is 1. The summed E-state index contributed by atoms with van der Waals surface area (Å²) in [6.07, 6.45) is 1.23. The molecule has 4 heteroatoms. The van der Waals surface area contributed by atoms with Crippen molar-refractivity contribution in [1.29, 1.82) is 0 Å². The molecule has 0 aromatic heterocycles. The fraction of sp³-hybridized carbons (Fsp3) is 0.588. The van der Waals surface area contributed by atoms with Crippen molar-refractivity contribution < 1.29 is 9.53 Å². The van der Waals surface area contributed by atoms with Crippen molar-refractivity contribution in [2.75, 3.05) is 0 Å². The summed E-state index contributed by atoms with van der Waals surface area (Å²) in [7, 11) is 0. The van der Waals surface area contributed by atoms with Gasteiger partial charge in [-0.2, -0.15) is 0 Å².